The van der Waals surface area contributed by atoms with Gasteiger partial charge in [-0.15, -0.1) is 0 Å². The number of hydrogen-bond acceptors (Lipinski definition) is 5. The lowest BCUT2D eigenvalue weighted by Gasteiger charge is -2.37. The van der Waals surface area contributed by atoms with Crippen molar-refractivity contribution >= 4 is 34.5 Å². The Kier molecular flexibility index (Phi) is 7.00. The second-order valence-corrected chi connectivity index (χ2v) is 9.24. The molecule has 172 valence electrons. The molecule has 4 rings (SSSR count). The molecule has 0 fully saturated rings. The molecule has 1 aliphatic rings. The lowest BCUT2D eigenvalue weighted by Crippen LogP contribution is -2.46. The predicted octanol–water partition coefficient (Wildman–Crippen LogP) is 6.11. The number of methoxy groups -OCH3 is 1. The second kappa shape index (κ2) is 9.93. The molecule has 0 bridgehead atoms. The Morgan fingerprint density at radius 3 is 2.48 bits per heavy atom. The number of ether oxygens (including phenoxy) is 1. The molecule has 1 aliphatic heterocycles. The fraction of sp³-hybridized carbons (Fsp3) is 0.320. The Morgan fingerprint density at radius 1 is 1.15 bits per heavy atom. The van der Waals surface area contributed by atoms with Gasteiger partial charge in [-0.25, -0.2) is 0 Å². The molecule has 1 unspecified atom stereocenters. The van der Waals surface area contributed by atoms with Crippen LogP contribution in [-0.4, -0.2) is 33.8 Å². The Hall–Kier alpha value is -2.90. The monoisotopic (exact) mass is 482 g/mol. The lowest BCUT2D eigenvalue weighted by atomic mass is 9.94. The predicted molar refractivity (Wildman–Crippen MR) is 135 cm³/mol. The standard InChI is InChI=1S/C25H27ClN4O2S/c1-15(2)13-14-30-16(3)21(22(27-25(30)33)17-7-11-20(31-4)12-8-17)24-28-23(29-32-24)18-5-9-19(26)10-6-18/h5-12,15,22H,13-14H2,1-4H3,(H,27,33). The quantitative estimate of drug-likeness (QED) is 0.408. The number of hydrogen-bond donors (Lipinski definition) is 1. The number of rotatable bonds is 7. The van der Waals surface area contributed by atoms with Gasteiger partial charge in [0.1, 0.15) is 5.75 Å². The average Bonchev–Trinajstić information content (AvgIpc) is 3.28. The van der Waals surface area contributed by atoms with Gasteiger partial charge in [0.2, 0.25) is 5.82 Å². The number of thiocarbonyl (C=S) groups is 1. The molecule has 2 aromatic carbocycles. The van der Waals surface area contributed by atoms with Crippen molar-refractivity contribution in [3.63, 3.8) is 0 Å². The van der Waals surface area contributed by atoms with E-state index < -0.39 is 0 Å². The average molecular weight is 483 g/mol. The van der Waals surface area contributed by atoms with Gasteiger partial charge < -0.3 is 19.5 Å². The zero-order valence-electron chi connectivity index (χ0n) is 19.1. The maximum absolute atomic E-state index is 6.03. The smallest absolute Gasteiger partial charge is 0.258 e. The second-order valence-electron chi connectivity index (χ2n) is 8.42. The highest BCUT2D eigenvalue weighted by Crippen LogP contribution is 2.38. The Labute approximate surface area is 204 Å². The molecule has 1 N–H and O–H groups in total. The molecule has 3 aromatic rings. The first-order valence-electron chi connectivity index (χ1n) is 10.9. The zero-order valence-corrected chi connectivity index (χ0v) is 20.7. The van der Waals surface area contributed by atoms with E-state index in [0.717, 1.165) is 41.1 Å². The van der Waals surface area contributed by atoms with Crippen molar-refractivity contribution in [2.24, 2.45) is 5.92 Å². The van der Waals surface area contributed by atoms with Crippen molar-refractivity contribution in [3.05, 3.63) is 70.7 Å². The maximum atomic E-state index is 6.03. The van der Waals surface area contributed by atoms with Crippen LogP contribution < -0.4 is 10.1 Å². The van der Waals surface area contributed by atoms with E-state index in [4.69, 9.17) is 38.1 Å². The van der Waals surface area contributed by atoms with Gasteiger partial charge in [0, 0.05) is 22.8 Å². The van der Waals surface area contributed by atoms with Gasteiger partial charge in [0.25, 0.3) is 5.89 Å². The minimum atomic E-state index is -0.225. The molecule has 6 nitrogen and oxygen atoms in total. The van der Waals surface area contributed by atoms with Crippen LogP contribution in [0.25, 0.3) is 17.0 Å². The van der Waals surface area contributed by atoms with Crippen LogP contribution in [0.2, 0.25) is 5.02 Å². The summed E-state index contributed by atoms with van der Waals surface area (Å²) in [5.74, 6) is 2.32. The summed E-state index contributed by atoms with van der Waals surface area (Å²) in [6, 6.07) is 15.1. The molecule has 0 saturated heterocycles. The van der Waals surface area contributed by atoms with Crippen LogP contribution in [0.1, 0.15) is 44.7 Å². The van der Waals surface area contributed by atoms with E-state index in [1.807, 2.05) is 48.5 Å². The van der Waals surface area contributed by atoms with E-state index in [0.29, 0.717) is 27.8 Å². The van der Waals surface area contributed by atoms with Crippen LogP contribution >= 0.6 is 23.8 Å². The summed E-state index contributed by atoms with van der Waals surface area (Å²) in [7, 11) is 1.65. The van der Waals surface area contributed by atoms with Crippen LogP contribution in [0.4, 0.5) is 0 Å². The van der Waals surface area contributed by atoms with Gasteiger partial charge >= 0.3 is 0 Å². The van der Waals surface area contributed by atoms with Crippen molar-refractivity contribution in [3.8, 4) is 17.1 Å². The van der Waals surface area contributed by atoms with Crippen molar-refractivity contribution in [2.75, 3.05) is 13.7 Å². The summed E-state index contributed by atoms with van der Waals surface area (Å²) in [5, 5.41) is 9.08. The summed E-state index contributed by atoms with van der Waals surface area (Å²) in [5.41, 5.74) is 3.78. The van der Waals surface area contributed by atoms with E-state index in [1.165, 1.54) is 0 Å². The molecule has 1 atom stereocenters. The maximum Gasteiger partial charge on any atom is 0.258 e. The minimum Gasteiger partial charge on any atom is -0.497 e. The first-order valence-corrected chi connectivity index (χ1v) is 11.7. The van der Waals surface area contributed by atoms with Gasteiger partial charge in [-0.3, -0.25) is 0 Å². The largest absolute Gasteiger partial charge is 0.497 e. The highest BCUT2D eigenvalue weighted by molar-refractivity contribution is 7.80. The first kappa shape index (κ1) is 23.3. The number of aromatic nitrogens is 2. The van der Waals surface area contributed by atoms with Gasteiger partial charge in [-0.1, -0.05) is 42.7 Å². The van der Waals surface area contributed by atoms with Crippen molar-refractivity contribution in [1.29, 1.82) is 0 Å². The summed E-state index contributed by atoms with van der Waals surface area (Å²) < 4.78 is 11.1. The third-order valence-electron chi connectivity index (χ3n) is 5.73. The Morgan fingerprint density at radius 2 is 1.85 bits per heavy atom. The number of nitrogens with zero attached hydrogens (tertiary/aromatic N) is 3. The van der Waals surface area contributed by atoms with E-state index in [-0.39, 0.29) is 6.04 Å². The van der Waals surface area contributed by atoms with Gasteiger partial charge in [0.05, 0.1) is 18.7 Å². The van der Waals surface area contributed by atoms with Crippen LogP contribution in [0.5, 0.6) is 5.75 Å². The Bertz CT molecular complexity index is 1160. The topological polar surface area (TPSA) is 63.4 Å². The number of nitrogens with one attached hydrogen (secondary N) is 1. The van der Waals surface area contributed by atoms with Gasteiger partial charge in [-0.05, 0) is 73.4 Å². The summed E-state index contributed by atoms with van der Waals surface area (Å²) in [6.07, 6.45) is 1.01. The minimum absolute atomic E-state index is 0.225. The number of allylic oxidation sites excluding steroid dienone is 1. The van der Waals surface area contributed by atoms with Crippen molar-refractivity contribution < 1.29 is 9.26 Å². The third-order valence-corrected chi connectivity index (χ3v) is 6.32. The molecule has 0 radical (unpaired) electrons. The third kappa shape index (κ3) is 5.04. The van der Waals surface area contributed by atoms with Crippen LogP contribution in [0, 0.1) is 5.92 Å². The first-order chi connectivity index (χ1) is 15.9. The van der Waals surface area contributed by atoms with Gasteiger partial charge in [0.15, 0.2) is 5.11 Å². The van der Waals surface area contributed by atoms with E-state index in [1.54, 1.807) is 7.11 Å². The molecule has 1 aromatic heterocycles. The van der Waals surface area contributed by atoms with Crippen molar-refractivity contribution in [2.45, 2.75) is 33.2 Å². The Balaban J connectivity index is 1.77. The molecule has 0 aliphatic carbocycles. The molecular weight excluding hydrogens is 456 g/mol. The van der Waals surface area contributed by atoms with E-state index >= 15 is 0 Å². The fourth-order valence-electron chi connectivity index (χ4n) is 3.81. The number of halogens is 1. The number of benzene rings is 2. The van der Waals surface area contributed by atoms with E-state index in [2.05, 4.69) is 36.1 Å². The highest BCUT2D eigenvalue weighted by Gasteiger charge is 2.34. The molecule has 0 spiro atoms. The molecule has 0 amide bonds. The molecule has 0 saturated carbocycles. The normalized spacial score (nSPS) is 16.4. The lowest BCUT2D eigenvalue weighted by molar-refractivity contribution is 0.390. The van der Waals surface area contributed by atoms with Crippen LogP contribution in [0.3, 0.4) is 0 Å². The summed E-state index contributed by atoms with van der Waals surface area (Å²) in [6.45, 7) is 7.28. The molecule has 8 heteroatoms. The van der Waals surface area contributed by atoms with Crippen LogP contribution in [0.15, 0.2) is 58.8 Å². The van der Waals surface area contributed by atoms with Gasteiger partial charge in [-0.2, -0.15) is 4.98 Å². The summed E-state index contributed by atoms with van der Waals surface area (Å²) in [4.78, 5) is 6.86. The molecule has 33 heavy (non-hydrogen) atoms. The highest BCUT2D eigenvalue weighted by atomic mass is 35.5. The zero-order chi connectivity index (χ0) is 23.5. The SMILES string of the molecule is COc1ccc(C2NC(=S)N(CCC(C)C)C(C)=C2c2nc(-c3ccc(Cl)cc3)no2)cc1. The van der Waals surface area contributed by atoms with Crippen molar-refractivity contribution in [1.82, 2.24) is 20.4 Å². The summed E-state index contributed by atoms with van der Waals surface area (Å²) >= 11 is 11.8. The molecule has 2 heterocycles. The van der Waals surface area contributed by atoms with E-state index in [9.17, 15) is 0 Å². The fourth-order valence-corrected chi connectivity index (χ4v) is 4.28. The van der Waals surface area contributed by atoms with Crippen LogP contribution in [-0.2, 0) is 0 Å². The molecular formula is C25H27ClN4O2S.